The zero-order valence-electron chi connectivity index (χ0n) is 19.2. The molecule has 1 aliphatic heterocycles. The normalized spacial score (nSPS) is 21.5. The predicted octanol–water partition coefficient (Wildman–Crippen LogP) is 2.05. The summed E-state index contributed by atoms with van der Waals surface area (Å²) in [6, 6.07) is 4.31. The van der Waals surface area contributed by atoms with E-state index in [-0.39, 0.29) is 47.9 Å². The van der Waals surface area contributed by atoms with Crippen LogP contribution >= 0.6 is 0 Å². The Morgan fingerprint density at radius 1 is 1.39 bits per heavy atom. The first-order valence-electron chi connectivity index (χ1n) is 10.8. The molecule has 1 N–H and O–H groups in total. The van der Waals surface area contributed by atoms with Crippen LogP contribution in [0.5, 0.6) is 5.75 Å². The highest BCUT2D eigenvalue weighted by atomic mass is 32.2. The predicted molar refractivity (Wildman–Crippen MR) is 124 cm³/mol. The molecule has 0 saturated heterocycles. The Morgan fingerprint density at radius 3 is 2.79 bits per heavy atom. The number of hydrogen-bond acceptors (Lipinski definition) is 7. The van der Waals surface area contributed by atoms with Gasteiger partial charge < -0.3 is 14.7 Å². The van der Waals surface area contributed by atoms with Gasteiger partial charge in [0.05, 0.1) is 19.3 Å². The second-order valence-corrected chi connectivity index (χ2v) is 10.1. The smallest absolute Gasteiger partial charge is 0.273 e. The minimum atomic E-state index is -3.90. The molecule has 1 aliphatic rings. The van der Waals surface area contributed by atoms with Crippen LogP contribution < -0.4 is 4.74 Å². The van der Waals surface area contributed by atoms with Crippen molar-refractivity contribution in [2.75, 3.05) is 26.7 Å². The van der Waals surface area contributed by atoms with Gasteiger partial charge in [-0.1, -0.05) is 25.1 Å². The number of aliphatic hydroxyl groups is 1. The number of amides is 1. The fourth-order valence-corrected chi connectivity index (χ4v) is 5.54. The highest BCUT2D eigenvalue weighted by Gasteiger charge is 2.38. The molecule has 1 aromatic carbocycles. The maximum Gasteiger partial charge on any atom is 0.273 e. The van der Waals surface area contributed by atoms with Crippen molar-refractivity contribution < 1.29 is 23.1 Å². The number of carbonyl (C=O) groups excluding carboxylic acids is 1. The molecule has 3 rings (SSSR count). The van der Waals surface area contributed by atoms with Crippen molar-refractivity contribution >= 4 is 22.0 Å². The van der Waals surface area contributed by atoms with Crippen LogP contribution in [0.15, 0.2) is 47.8 Å². The van der Waals surface area contributed by atoms with E-state index in [0.29, 0.717) is 0 Å². The zero-order chi connectivity index (χ0) is 24.2. The van der Waals surface area contributed by atoms with Crippen LogP contribution in [0.4, 0.5) is 0 Å². The van der Waals surface area contributed by atoms with Gasteiger partial charge in [0.1, 0.15) is 22.4 Å². The first kappa shape index (κ1) is 24.8. The summed E-state index contributed by atoms with van der Waals surface area (Å²) in [4.78, 5) is 22.3. The molecule has 178 valence electrons. The maximum absolute atomic E-state index is 13.5. The van der Waals surface area contributed by atoms with Crippen LogP contribution in [0.1, 0.15) is 36.8 Å². The van der Waals surface area contributed by atoms with E-state index in [0.717, 1.165) is 5.56 Å². The van der Waals surface area contributed by atoms with Gasteiger partial charge in [0, 0.05) is 37.9 Å². The second-order valence-electron chi connectivity index (χ2n) is 8.22. The standard InChI is InChI=1S/C23H30N4O5S/c1-5-6-18-7-8-22-20(11-18)32-21(14-26(4)23(29)19-12-24-9-10-25-19)16(2)13-27(17(3)15-28)33(22,30)31/h5-12,16-17,21,28H,13-15H2,1-4H3/t16-,17+,21+/m0/s1. The van der Waals surface area contributed by atoms with Crippen LogP contribution in [0.25, 0.3) is 6.08 Å². The van der Waals surface area contributed by atoms with E-state index in [1.54, 1.807) is 26.1 Å². The van der Waals surface area contributed by atoms with Crippen molar-refractivity contribution in [1.82, 2.24) is 19.2 Å². The van der Waals surface area contributed by atoms with Crippen molar-refractivity contribution in [3.63, 3.8) is 0 Å². The van der Waals surface area contributed by atoms with E-state index in [4.69, 9.17) is 4.74 Å². The van der Waals surface area contributed by atoms with Gasteiger partial charge in [-0.25, -0.2) is 13.4 Å². The molecule has 0 aliphatic carbocycles. The molecule has 1 aromatic heterocycles. The molecule has 2 heterocycles. The molecule has 1 amide bonds. The van der Waals surface area contributed by atoms with Gasteiger partial charge in [-0.3, -0.25) is 9.78 Å². The molecule has 3 atom stereocenters. The monoisotopic (exact) mass is 474 g/mol. The minimum Gasteiger partial charge on any atom is -0.487 e. The number of likely N-dealkylation sites (N-methyl/N-ethyl adjacent to an activating group) is 1. The summed E-state index contributed by atoms with van der Waals surface area (Å²) >= 11 is 0. The average molecular weight is 475 g/mol. The Labute approximate surface area is 194 Å². The summed E-state index contributed by atoms with van der Waals surface area (Å²) in [6.45, 7) is 5.45. The zero-order valence-corrected chi connectivity index (χ0v) is 20.1. The number of ether oxygens (including phenoxy) is 1. The average Bonchev–Trinajstić information content (AvgIpc) is 2.81. The van der Waals surface area contributed by atoms with E-state index in [9.17, 15) is 18.3 Å². The number of aromatic nitrogens is 2. The van der Waals surface area contributed by atoms with Gasteiger partial charge in [-0.15, -0.1) is 0 Å². The van der Waals surface area contributed by atoms with Crippen LogP contribution in [0, 0.1) is 5.92 Å². The van der Waals surface area contributed by atoms with Crippen molar-refractivity contribution in [3.05, 3.63) is 54.1 Å². The molecule has 2 aromatic rings. The Balaban J connectivity index is 2.01. The highest BCUT2D eigenvalue weighted by molar-refractivity contribution is 7.89. The van der Waals surface area contributed by atoms with Crippen LogP contribution in [-0.4, -0.2) is 77.5 Å². The van der Waals surface area contributed by atoms with Gasteiger partial charge >= 0.3 is 0 Å². The Kier molecular flexibility index (Phi) is 7.83. The minimum absolute atomic E-state index is 0.0378. The number of rotatable bonds is 6. The van der Waals surface area contributed by atoms with Gasteiger partial charge in [0.2, 0.25) is 10.0 Å². The fraction of sp³-hybridized carbons (Fsp3) is 0.435. The van der Waals surface area contributed by atoms with Crippen molar-refractivity contribution in [2.45, 2.75) is 37.8 Å². The third-order valence-corrected chi connectivity index (χ3v) is 7.65. The van der Waals surface area contributed by atoms with Crippen LogP contribution in [0.2, 0.25) is 0 Å². The summed E-state index contributed by atoms with van der Waals surface area (Å²) in [6.07, 6.45) is 7.55. The van der Waals surface area contributed by atoms with E-state index >= 15 is 0 Å². The molecule has 0 bridgehead atoms. The number of carbonyl (C=O) groups is 1. The molecule has 9 nitrogen and oxygen atoms in total. The lowest BCUT2D eigenvalue weighted by Crippen LogP contribution is -2.50. The summed E-state index contributed by atoms with van der Waals surface area (Å²) < 4.78 is 34.5. The molecular formula is C23H30N4O5S. The summed E-state index contributed by atoms with van der Waals surface area (Å²) in [5.74, 6) is -0.362. The van der Waals surface area contributed by atoms with E-state index in [1.807, 2.05) is 26.0 Å². The first-order valence-corrected chi connectivity index (χ1v) is 12.2. The third-order valence-electron chi connectivity index (χ3n) is 5.63. The van der Waals surface area contributed by atoms with Gasteiger partial charge in [0.15, 0.2) is 0 Å². The quantitative estimate of drug-likeness (QED) is 0.682. The molecule has 10 heteroatoms. The molecule has 0 saturated carbocycles. The molecule has 33 heavy (non-hydrogen) atoms. The summed E-state index contributed by atoms with van der Waals surface area (Å²) in [5.41, 5.74) is 1.01. The highest BCUT2D eigenvalue weighted by Crippen LogP contribution is 2.34. The topological polar surface area (TPSA) is 113 Å². The lowest BCUT2D eigenvalue weighted by atomic mass is 10.0. The molecule has 0 fully saturated rings. The van der Waals surface area contributed by atoms with E-state index in [1.165, 1.54) is 33.9 Å². The molecular weight excluding hydrogens is 444 g/mol. The van der Waals surface area contributed by atoms with E-state index < -0.39 is 22.2 Å². The second kappa shape index (κ2) is 10.4. The van der Waals surface area contributed by atoms with E-state index in [2.05, 4.69) is 9.97 Å². The number of aliphatic hydroxyl groups excluding tert-OH is 1. The number of fused-ring (bicyclic) bond motifs is 1. The number of hydrogen-bond donors (Lipinski definition) is 1. The molecule has 0 radical (unpaired) electrons. The van der Waals surface area contributed by atoms with Crippen molar-refractivity contribution in [2.24, 2.45) is 5.92 Å². The SMILES string of the molecule is CC=Cc1ccc2c(c1)O[C@H](CN(C)C(=O)c1cnccn1)[C@@H](C)CN([C@H](C)CO)S2(=O)=O. The number of benzene rings is 1. The fourth-order valence-electron chi connectivity index (χ4n) is 3.71. The Bertz CT molecular complexity index is 1110. The van der Waals surface area contributed by atoms with Crippen molar-refractivity contribution in [1.29, 1.82) is 0 Å². The largest absolute Gasteiger partial charge is 0.487 e. The maximum atomic E-state index is 13.5. The van der Waals surface area contributed by atoms with Gasteiger partial charge in [0.25, 0.3) is 5.91 Å². The van der Waals surface area contributed by atoms with Crippen molar-refractivity contribution in [3.8, 4) is 5.75 Å². The molecule has 0 spiro atoms. The van der Waals surface area contributed by atoms with Crippen LogP contribution in [-0.2, 0) is 10.0 Å². The van der Waals surface area contributed by atoms with Gasteiger partial charge in [-0.05, 0) is 31.5 Å². The van der Waals surface area contributed by atoms with Gasteiger partial charge in [-0.2, -0.15) is 4.31 Å². The molecule has 0 unspecified atom stereocenters. The Hall–Kier alpha value is -2.82. The lowest BCUT2D eigenvalue weighted by Gasteiger charge is -2.37. The number of sulfonamides is 1. The van der Waals surface area contributed by atoms with Crippen LogP contribution in [0.3, 0.4) is 0 Å². The Morgan fingerprint density at radius 2 is 2.15 bits per heavy atom. The lowest BCUT2D eigenvalue weighted by molar-refractivity contribution is 0.0559. The number of nitrogens with zero attached hydrogens (tertiary/aromatic N) is 4. The third kappa shape index (κ3) is 5.40. The summed E-state index contributed by atoms with van der Waals surface area (Å²) in [5, 5.41) is 9.73. The summed E-state index contributed by atoms with van der Waals surface area (Å²) in [7, 11) is -2.26. The first-order chi connectivity index (χ1) is 15.7. The number of allylic oxidation sites excluding steroid dienone is 1.